The number of nitrogens with one attached hydrogen (secondary N) is 1. The normalized spacial score (nSPS) is 15.3. The molecule has 0 bridgehead atoms. The molecule has 32 heavy (non-hydrogen) atoms. The number of amides is 1. The fraction of sp³-hybridized carbons (Fsp3) is 0.458. The van der Waals surface area contributed by atoms with E-state index in [2.05, 4.69) is 41.4 Å². The number of nitrogens with zero attached hydrogens (tertiary/aromatic N) is 2. The SMILES string of the molecule is COc1ccccc1N(CCCC(=O)NCCCN1c2ccccc2C[C@H]1C)S(C)(=O)=O. The summed E-state index contributed by atoms with van der Waals surface area (Å²) in [5, 5.41) is 2.96. The Balaban J connectivity index is 1.43. The summed E-state index contributed by atoms with van der Waals surface area (Å²) < 4.78 is 31.2. The smallest absolute Gasteiger partial charge is 0.232 e. The van der Waals surface area contributed by atoms with Gasteiger partial charge in [0.05, 0.1) is 19.1 Å². The molecular weight excluding hydrogens is 426 g/mol. The molecule has 0 fully saturated rings. The van der Waals surface area contributed by atoms with E-state index in [0.29, 0.717) is 30.4 Å². The fourth-order valence-electron chi connectivity index (χ4n) is 4.22. The number of hydrogen-bond acceptors (Lipinski definition) is 5. The van der Waals surface area contributed by atoms with E-state index in [-0.39, 0.29) is 18.9 Å². The zero-order valence-corrected chi connectivity index (χ0v) is 19.9. The Kier molecular flexibility index (Phi) is 8.01. The molecule has 1 aliphatic rings. The molecule has 7 nitrogen and oxygen atoms in total. The highest BCUT2D eigenvalue weighted by atomic mass is 32.2. The van der Waals surface area contributed by atoms with E-state index in [9.17, 15) is 13.2 Å². The Labute approximate surface area is 191 Å². The van der Waals surface area contributed by atoms with Crippen LogP contribution in [0.4, 0.5) is 11.4 Å². The van der Waals surface area contributed by atoms with Crippen molar-refractivity contribution in [3.63, 3.8) is 0 Å². The average Bonchev–Trinajstić information content (AvgIpc) is 3.08. The maximum atomic E-state index is 12.3. The predicted molar refractivity (Wildman–Crippen MR) is 129 cm³/mol. The zero-order chi connectivity index (χ0) is 23.1. The Bertz CT molecular complexity index is 1030. The van der Waals surface area contributed by atoms with Crippen molar-refractivity contribution in [1.29, 1.82) is 0 Å². The van der Waals surface area contributed by atoms with Gasteiger partial charge in [-0.1, -0.05) is 30.3 Å². The first-order chi connectivity index (χ1) is 15.3. The van der Waals surface area contributed by atoms with Gasteiger partial charge in [0.15, 0.2) is 0 Å². The van der Waals surface area contributed by atoms with Gasteiger partial charge in [0.1, 0.15) is 5.75 Å². The summed E-state index contributed by atoms with van der Waals surface area (Å²) in [4.78, 5) is 14.7. The van der Waals surface area contributed by atoms with Crippen molar-refractivity contribution in [3.8, 4) is 5.75 Å². The predicted octanol–water partition coefficient (Wildman–Crippen LogP) is 3.20. The maximum absolute atomic E-state index is 12.3. The van der Waals surface area contributed by atoms with E-state index in [1.54, 1.807) is 24.3 Å². The molecule has 174 valence electrons. The molecule has 0 unspecified atom stereocenters. The summed E-state index contributed by atoms with van der Waals surface area (Å²) in [6.07, 6.45) is 3.78. The standard InChI is InChI=1S/C24H33N3O4S/c1-19-18-20-10-4-5-11-21(20)26(19)16-9-15-25-24(28)14-8-17-27(32(3,29)30)22-12-6-7-13-23(22)31-2/h4-7,10-13,19H,8-9,14-18H2,1-3H3,(H,25,28)/t19-/m1/s1. The summed E-state index contributed by atoms with van der Waals surface area (Å²) in [5.41, 5.74) is 3.16. The third-order valence-corrected chi connectivity index (χ3v) is 6.95. The number of hydrogen-bond donors (Lipinski definition) is 1. The molecule has 1 aliphatic heterocycles. The van der Waals surface area contributed by atoms with Crippen LogP contribution in [0.1, 0.15) is 31.7 Å². The first-order valence-corrected chi connectivity index (χ1v) is 12.9. The first-order valence-electron chi connectivity index (χ1n) is 11.0. The zero-order valence-electron chi connectivity index (χ0n) is 19.1. The molecule has 2 aromatic carbocycles. The molecule has 0 saturated carbocycles. The molecule has 1 amide bonds. The quantitative estimate of drug-likeness (QED) is 0.522. The van der Waals surface area contributed by atoms with Crippen LogP contribution in [-0.4, -0.2) is 53.4 Å². The summed E-state index contributed by atoms with van der Waals surface area (Å²) in [5.74, 6) is 0.424. The lowest BCUT2D eigenvalue weighted by molar-refractivity contribution is -0.121. The molecule has 0 aromatic heterocycles. The van der Waals surface area contributed by atoms with Gasteiger partial charge < -0.3 is 15.0 Å². The van der Waals surface area contributed by atoms with Gasteiger partial charge in [-0.15, -0.1) is 0 Å². The van der Waals surface area contributed by atoms with Crippen LogP contribution in [-0.2, 0) is 21.2 Å². The second-order valence-electron chi connectivity index (χ2n) is 8.19. The molecule has 1 heterocycles. The van der Waals surface area contributed by atoms with Crippen molar-refractivity contribution in [3.05, 3.63) is 54.1 Å². The van der Waals surface area contributed by atoms with E-state index in [1.807, 2.05) is 0 Å². The minimum atomic E-state index is -3.49. The van der Waals surface area contributed by atoms with Crippen molar-refractivity contribution >= 4 is 27.3 Å². The van der Waals surface area contributed by atoms with E-state index in [0.717, 1.165) is 25.6 Å². The van der Waals surface area contributed by atoms with Crippen molar-refractivity contribution in [2.75, 3.05) is 42.2 Å². The van der Waals surface area contributed by atoms with Gasteiger partial charge in [-0.3, -0.25) is 9.10 Å². The first kappa shape index (κ1) is 23.9. The van der Waals surface area contributed by atoms with Crippen LogP contribution in [0.3, 0.4) is 0 Å². The largest absolute Gasteiger partial charge is 0.495 e. The number of carbonyl (C=O) groups excluding carboxylic acids is 1. The summed E-state index contributed by atoms with van der Waals surface area (Å²) in [6, 6.07) is 15.9. The molecule has 0 saturated heterocycles. The Morgan fingerprint density at radius 2 is 1.88 bits per heavy atom. The molecular formula is C24H33N3O4S. The highest BCUT2D eigenvalue weighted by Gasteiger charge is 2.25. The number of para-hydroxylation sites is 3. The van der Waals surface area contributed by atoms with E-state index in [1.165, 1.54) is 22.7 Å². The summed E-state index contributed by atoms with van der Waals surface area (Å²) >= 11 is 0. The van der Waals surface area contributed by atoms with Crippen molar-refractivity contribution < 1.29 is 17.9 Å². The summed E-state index contributed by atoms with van der Waals surface area (Å²) in [7, 11) is -1.98. The molecule has 1 N–H and O–H groups in total. The lowest BCUT2D eigenvalue weighted by Gasteiger charge is -2.25. The lowest BCUT2D eigenvalue weighted by atomic mass is 10.1. The van der Waals surface area contributed by atoms with Crippen molar-refractivity contribution in [1.82, 2.24) is 5.32 Å². The van der Waals surface area contributed by atoms with Crippen LogP contribution in [0.25, 0.3) is 0 Å². The van der Waals surface area contributed by atoms with Crippen molar-refractivity contribution in [2.45, 2.75) is 38.6 Å². The molecule has 1 atom stereocenters. The Hall–Kier alpha value is -2.74. The molecule has 0 radical (unpaired) electrons. The van der Waals surface area contributed by atoms with Crippen LogP contribution in [0.15, 0.2) is 48.5 Å². The van der Waals surface area contributed by atoms with Crippen molar-refractivity contribution in [2.24, 2.45) is 0 Å². The van der Waals surface area contributed by atoms with Gasteiger partial charge in [-0.25, -0.2) is 8.42 Å². The number of ether oxygens (including phenoxy) is 1. The number of carbonyl (C=O) groups is 1. The molecule has 3 rings (SSSR count). The van der Waals surface area contributed by atoms with Crippen LogP contribution in [0.2, 0.25) is 0 Å². The minimum absolute atomic E-state index is 0.0617. The molecule has 0 spiro atoms. The second-order valence-corrected chi connectivity index (χ2v) is 10.1. The third kappa shape index (κ3) is 5.94. The Morgan fingerprint density at radius 1 is 1.16 bits per heavy atom. The Morgan fingerprint density at radius 3 is 2.62 bits per heavy atom. The lowest BCUT2D eigenvalue weighted by Crippen LogP contribution is -2.34. The van der Waals surface area contributed by atoms with Crippen LogP contribution in [0.5, 0.6) is 5.75 Å². The number of anilines is 2. The van der Waals surface area contributed by atoms with Gasteiger partial charge >= 0.3 is 0 Å². The second kappa shape index (κ2) is 10.7. The number of rotatable bonds is 11. The molecule has 0 aliphatic carbocycles. The van der Waals surface area contributed by atoms with E-state index in [4.69, 9.17) is 4.74 Å². The fourth-order valence-corrected chi connectivity index (χ4v) is 5.19. The number of methoxy groups -OCH3 is 1. The molecule has 8 heteroatoms. The highest BCUT2D eigenvalue weighted by Crippen LogP contribution is 2.32. The number of fused-ring (bicyclic) bond motifs is 1. The third-order valence-electron chi connectivity index (χ3n) is 5.77. The minimum Gasteiger partial charge on any atom is -0.495 e. The van der Waals surface area contributed by atoms with Crippen LogP contribution < -0.4 is 19.3 Å². The number of sulfonamides is 1. The highest BCUT2D eigenvalue weighted by molar-refractivity contribution is 7.92. The van der Waals surface area contributed by atoms with Crippen LogP contribution in [0, 0.1) is 0 Å². The van der Waals surface area contributed by atoms with Crippen LogP contribution >= 0.6 is 0 Å². The van der Waals surface area contributed by atoms with Gasteiger partial charge in [0.2, 0.25) is 15.9 Å². The van der Waals surface area contributed by atoms with E-state index >= 15 is 0 Å². The molecule has 2 aromatic rings. The topological polar surface area (TPSA) is 79.0 Å². The average molecular weight is 460 g/mol. The number of benzene rings is 2. The van der Waals surface area contributed by atoms with Gasteiger partial charge in [-0.05, 0) is 49.9 Å². The van der Waals surface area contributed by atoms with E-state index < -0.39 is 10.0 Å². The van der Waals surface area contributed by atoms with Gasteiger partial charge in [-0.2, -0.15) is 0 Å². The summed E-state index contributed by atoms with van der Waals surface area (Å²) in [6.45, 7) is 3.95. The monoisotopic (exact) mass is 459 g/mol. The van der Waals surface area contributed by atoms with Gasteiger partial charge in [0, 0.05) is 37.8 Å². The maximum Gasteiger partial charge on any atom is 0.232 e. The van der Waals surface area contributed by atoms with Gasteiger partial charge in [0.25, 0.3) is 0 Å².